The number of hydrogen-bond acceptors (Lipinski definition) is 4. The zero-order valence-electron chi connectivity index (χ0n) is 13.0. The van der Waals surface area contributed by atoms with Crippen molar-refractivity contribution in [2.45, 2.75) is 13.0 Å². The van der Waals surface area contributed by atoms with E-state index in [0.717, 1.165) is 5.06 Å². The lowest BCUT2D eigenvalue weighted by Gasteiger charge is -2.27. The second-order valence-corrected chi connectivity index (χ2v) is 5.25. The number of hydroxylamine groups is 2. The molecular weight excluding hydrogens is 337 g/mol. The summed E-state index contributed by atoms with van der Waals surface area (Å²) in [5.41, 5.74) is 0.274. The zero-order chi connectivity index (χ0) is 17.7. The molecule has 2 aromatic rings. The van der Waals surface area contributed by atoms with Gasteiger partial charge < -0.3 is 9.57 Å². The van der Waals surface area contributed by atoms with Gasteiger partial charge in [0.2, 0.25) is 0 Å². The van der Waals surface area contributed by atoms with E-state index in [9.17, 15) is 14.0 Å². The number of ether oxygens (including phenoxy) is 1. The van der Waals surface area contributed by atoms with Gasteiger partial charge in [0.1, 0.15) is 0 Å². The van der Waals surface area contributed by atoms with Crippen LogP contribution in [0.15, 0.2) is 48.5 Å². The van der Waals surface area contributed by atoms with Gasteiger partial charge in [0, 0.05) is 5.56 Å². The summed E-state index contributed by atoms with van der Waals surface area (Å²) in [6, 6.07) is 11.2. The topological polar surface area (TPSA) is 55.8 Å². The summed E-state index contributed by atoms with van der Waals surface area (Å²) in [5.74, 6) is -2.43. The van der Waals surface area contributed by atoms with Gasteiger partial charge in [-0.1, -0.05) is 35.9 Å². The Hall–Kier alpha value is -2.60. The van der Waals surface area contributed by atoms with Gasteiger partial charge in [0.05, 0.1) is 12.1 Å². The quantitative estimate of drug-likeness (QED) is 0.611. The predicted octanol–water partition coefficient (Wildman–Crippen LogP) is 3.48. The third-order valence-corrected chi connectivity index (χ3v) is 3.52. The Morgan fingerprint density at radius 2 is 1.79 bits per heavy atom. The third-order valence-electron chi connectivity index (χ3n) is 3.23. The summed E-state index contributed by atoms with van der Waals surface area (Å²) >= 11 is 5.71. The summed E-state index contributed by atoms with van der Waals surface area (Å²) < 4.78 is 18.7. The molecule has 1 atom stereocenters. The average Bonchev–Trinajstić information content (AvgIpc) is 2.62. The van der Waals surface area contributed by atoms with E-state index in [2.05, 4.69) is 4.74 Å². The van der Waals surface area contributed by atoms with Gasteiger partial charge >= 0.3 is 5.97 Å². The number of rotatable bonds is 5. The number of carbonyl (C=O) groups excluding carboxylic acids is 2. The lowest BCUT2D eigenvalue weighted by atomic mass is 10.2. The van der Waals surface area contributed by atoms with Crippen molar-refractivity contribution >= 4 is 23.5 Å². The number of esters is 1. The number of halogens is 2. The van der Waals surface area contributed by atoms with E-state index in [1.54, 1.807) is 30.3 Å². The van der Waals surface area contributed by atoms with Crippen LogP contribution < -0.4 is 4.84 Å². The van der Waals surface area contributed by atoms with Crippen LogP contribution in [-0.2, 0) is 9.53 Å². The fraction of sp³-hybridized carbons (Fsp3) is 0.176. The molecule has 0 heterocycles. The molecule has 2 rings (SSSR count). The van der Waals surface area contributed by atoms with E-state index in [4.69, 9.17) is 16.4 Å². The van der Waals surface area contributed by atoms with Gasteiger partial charge in [-0.3, -0.25) is 4.79 Å². The maximum atomic E-state index is 14.1. The SMILES string of the molecule is COC(=O)C(C)N(Oc1cccc(Cl)c1F)C(=O)c1ccccc1. The molecule has 0 aliphatic rings. The smallest absolute Gasteiger partial charge is 0.332 e. The molecule has 24 heavy (non-hydrogen) atoms. The molecule has 0 bridgehead atoms. The summed E-state index contributed by atoms with van der Waals surface area (Å²) in [6.07, 6.45) is 0. The maximum Gasteiger partial charge on any atom is 0.332 e. The van der Waals surface area contributed by atoms with Crippen molar-refractivity contribution < 1.29 is 23.6 Å². The number of methoxy groups -OCH3 is 1. The largest absolute Gasteiger partial charge is 0.467 e. The van der Waals surface area contributed by atoms with E-state index in [-0.39, 0.29) is 16.3 Å². The Bertz CT molecular complexity index is 739. The normalized spacial score (nSPS) is 11.5. The Balaban J connectivity index is 2.38. The predicted molar refractivity (Wildman–Crippen MR) is 86.1 cm³/mol. The first-order valence-corrected chi connectivity index (χ1v) is 7.42. The van der Waals surface area contributed by atoms with Crippen LogP contribution in [0.4, 0.5) is 4.39 Å². The highest BCUT2D eigenvalue weighted by atomic mass is 35.5. The Morgan fingerprint density at radius 3 is 2.42 bits per heavy atom. The molecule has 0 saturated carbocycles. The third kappa shape index (κ3) is 3.83. The molecule has 0 radical (unpaired) electrons. The highest BCUT2D eigenvalue weighted by Crippen LogP contribution is 2.26. The van der Waals surface area contributed by atoms with Crippen LogP contribution in [0.25, 0.3) is 0 Å². The van der Waals surface area contributed by atoms with Crippen molar-refractivity contribution in [1.82, 2.24) is 5.06 Å². The maximum absolute atomic E-state index is 14.1. The molecule has 1 amide bonds. The number of carbonyl (C=O) groups is 2. The highest BCUT2D eigenvalue weighted by Gasteiger charge is 2.30. The van der Waals surface area contributed by atoms with Crippen LogP contribution in [0.5, 0.6) is 5.75 Å². The first kappa shape index (κ1) is 17.7. The van der Waals surface area contributed by atoms with E-state index in [1.807, 2.05) is 0 Å². The molecule has 0 spiro atoms. The van der Waals surface area contributed by atoms with Gasteiger partial charge in [-0.2, -0.15) is 5.06 Å². The minimum atomic E-state index is -1.10. The van der Waals surface area contributed by atoms with Crippen molar-refractivity contribution in [3.05, 3.63) is 64.9 Å². The lowest BCUT2D eigenvalue weighted by Crippen LogP contribution is -2.46. The average molecular weight is 352 g/mol. The van der Waals surface area contributed by atoms with E-state index < -0.39 is 23.7 Å². The second-order valence-electron chi connectivity index (χ2n) is 4.84. The molecule has 1 unspecified atom stereocenters. The van der Waals surface area contributed by atoms with Crippen LogP contribution in [0.3, 0.4) is 0 Å². The zero-order valence-corrected chi connectivity index (χ0v) is 13.8. The molecular formula is C17H15ClFNO4. The van der Waals surface area contributed by atoms with Crippen LogP contribution >= 0.6 is 11.6 Å². The van der Waals surface area contributed by atoms with Crippen LogP contribution in [0, 0.1) is 5.82 Å². The number of benzene rings is 2. The van der Waals surface area contributed by atoms with Gasteiger partial charge in [0.25, 0.3) is 5.91 Å². The Labute approximate surface area is 143 Å². The van der Waals surface area contributed by atoms with Gasteiger partial charge in [0.15, 0.2) is 17.6 Å². The lowest BCUT2D eigenvalue weighted by molar-refractivity contribution is -0.155. The van der Waals surface area contributed by atoms with Crippen molar-refractivity contribution in [3.8, 4) is 5.75 Å². The monoisotopic (exact) mass is 351 g/mol. The second kappa shape index (κ2) is 7.79. The van der Waals surface area contributed by atoms with E-state index >= 15 is 0 Å². The summed E-state index contributed by atoms with van der Waals surface area (Å²) in [6.45, 7) is 1.41. The molecule has 126 valence electrons. The van der Waals surface area contributed by atoms with Gasteiger partial charge in [-0.15, -0.1) is 0 Å². The summed E-state index contributed by atoms with van der Waals surface area (Å²) in [5, 5.41) is 0.598. The van der Waals surface area contributed by atoms with Crippen molar-refractivity contribution in [1.29, 1.82) is 0 Å². The van der Waals surface area contributed by atoms with E-state index in [0.29, 0.717) is 0 Å². The van der Waals surface area contributed by atoms with Crippen molar-refractivity contribution in [2.24, 2.45) is 0 Å². The molecule has 7 heteroatoms. The molecule has 0 aromatic heterocycles. The molecule has 2 aromatic carbocycles. The molecule has 5 nitrogen and oxygen atoms in total. The summed E-state index contributed by atoms with van der Waals surface area (Å²) in [7, 11) is 1.18. The van der Waals surface area contributed by atoms with E-state index in [1.165, 1.54) is 32.2 Å². The fourth-order valence-corrected chi connectivity index (χ4v) is 2.10. The first-order valence-electron chi connectivity index (χ1n) is 7.04. The van der Waals surface area contributed by atoms with Gasteiger partial charge in [-0.25, -0.2) is 9.18 Å². The molecule has 0 aliphatic heterocycles. The molecule has 0 N–H and O–H groups in total. The summed E-state index contributed by atoms with van der Waals surface area (Å²) in [4.78, 5) is 29.8. The minimum absolute atomic E-state index is 0.162. The molecule has 0 fully saturated rings. The fourth-order valence-electron chi connectivity index (χ4n) is 1.93. The number of hydrogen-bond donors (Lipinski definition) is 0. The van der Waals surface area contributed by atoms with Crippen molar-refractivity contribution in [3.63, 3.8) is 0 Å². The highest BCUT2D eigenvalue weighted by molar-refractivity contribution is 6.30. The Morgan fingerprint density at radius 1 is 1.12 bits per heavy atom. The molecule has 0 aliphatic carbocycles. The molecule has 0 saturated heterocycles. The number of amides is 1. The van der Waals surface area contributed by atoms with Crippen LogP contribution in [-0.4, -0.2) is 30.1 Å². The standard InChI is InChI=1S/C17H15ClFNO4/c1-11(17(22)23-2)20(16(21)12-7-4-3-5-8-12)24-14-10-6-9-13(18)15(14)19/h3-11H,1-2H3. The number of nitrogens with zero attached hydrogens (tertiary/aromatic N) is 1. The van der Waals surface area contributed by atoms with Crippen LogP contribution in [0.2, 0.25) is 5.02 Å². The first-order chi connectivity index (χ1) is 11.5. The van der Waals surface area contributed by atoms with Gasteiger partial charge in [-0.05, 0) is 31.2 Å². The minimum Gasteiger partial charge on any atom is -0.467 e. The van der Waals surface area contributed by atoms with Crippen molar-refractivity contribution in [2.75, 3.05) is 7.11 Å². The Kier molecular flexibility index (Phi) is 5.76. The van der Waals surface area contributed by atoms with Crippen LogP contribution in [0.1, 0.15) is 17.3 Å².